The maximum absolute atomic E-state index is 6.49. The molecule has 6 nitrogen and oxygen atoms in total. The van der Waals surface area contributed by atoms with E-state index in [2.05, 4.69) is 54.1 Å². The average molecular weight is 491 g/mol. The summed E-state index contributed by atoms with van der Waals surface area (Å²) < 4.78 is 36.4. The molecule has 1 spiro atoms. The van der Waals surface area contributed by atoms with Gasteiger partial charge in [-0.3, -0.25) is 0 Å². The molecule has 0 unspecified atom stereocenters. The minimum absolute atomic E-state index is 0.392. The Morgan fingerprint density at radius 3 is 1.61 bits per heavy atom. The van der Waals surface area contributed by atoms with Gasteiger partial charge < -0.3 is 28.4 Å². The van der Waals surface area contributed by atoms with E-state index in [1.54, 1.807) is 0 Å². The van der Waals surface area contributed by atoms with E-state index in [1.165, 1.54) is 0 Å². The fourth-order valence-electron chi connectivity index (χ4n) is 3.94. The highest BCUT2D eigenvalue weighted by Crippen LogP contribution is 2.50. The van der Waals surface area contributed by atoms with Gasteiger partial charge >= 0.3 is 0 Å². The van der Waals surface area contributed by atoms with E-state index >= 15 is 0 Å². The second kappa shape index (κ2) is 11.1. The topological polar surface area (TPSA) is 55.4 Å². The number of benzene rings is 2. The molecule has 1 aliphatic carbocycles. The van der Waals surface area contributed by atoms with Gasteiger partial charge in [-0.1, -0.05) is 45.7 Å². The summed E-state index contributed by atoms with van der Waals surface area (Å²) in [6.45, 7) is 4.86. The number of fused-ring (bicyclic) bond motifs is 5. The summed E-state index contributed by atoms with van der Waals surface area (Å²) in [4.78, 5) is 0. The lowest BCUT2D eigenvalue weighted by molar-refractivity contribution is -0.225. The Morgan fingerprint density at radius 1 is 0.613 bits per heavy atom. The van der Waals surface area contributed by atoms with Crippen LogP contribution >= 0.6 is 15.9 Å². The Hall–Kier alpha value is -1.26. The summed E-state index contributed by atoms with van der Waals surface area (Å²) in [6, 6.07) is 12.6. The van der Waals surface area contributed by atoms with Crippen molar-refractivity contribution in [3.63, 3.8) is 0 Å². The highest BCUT2D eigenvalue weighted by atomic mass is 79.9. The summed E-state index contributed by atoms with van der Waals surface area (Å²) in [5.41, 5.74) is 5.41. The zero-order valence-electron chi connectivity index (χ0n) is 17.9. The molecule has 1 aliphatic heterocycles. The van der Waals surface area contributed by atoms with Crippen molar-refractivity contribution in [2.45, 2.75) is 5.79 Å². The van der Waals surface area contributed by atoms with Gasteiger partial charge in [-0.05, 0) is 23.3 Å². The highest BCUT2D eigenvalue weighted by Gasteiger charge is 2.46. The predicted molar refractivity (Wildman–Crippen MR) is 124 cm³/mol. The van der Waals surface area contributed by atoms with Gasteiger partial charge in [0.15, 0.2) is 0 Å². The zero-order chi connectivity index (χ0) is 21.5. The normalized spacial score (nSPS) is 20.7. The fraction of sp³-hybridized carbons (Fsp3) is 0.478. The minimum atomic E-state index is -1.01. The van der Waals surface area contributed by atoms with Crippen molar-refractivity contribution in [1.82, 2.24) is 0 Å². The molecule has 0 atom stereocenters. The molecular formula is C23H28BBrO6. The largest absolute Gasteiger partial charge is 0.377 e. The summed E-state index contributed by atoms with van der Waals surface area (Å²) in [5.74, 6) is -1.01. The van der Waals surface area contributed by atoms with Crippen molar-refractivity contribution in [1.29, 1.82) is 0 Å². The maximum atomic E-state index is 6.49. The third-order valence-electron chi connectivity index (χ3n) is 5.34. The second-order valence-corrected chi connectivity index (χ2v) is 8.42. The van der Waals surface area contributed by atoms with Crippen LogP contribution in [0.1, 0.15) is 11.1 Å². The van der Waals surface area contributed by atoms with Gasteiger partial charge in [-0.15, -0.1) is 0 Å². The summed E-state index contributed by atoms with van der Waals surface area (Å²) in [7, 11) is 2.08. The first kappa shape index (κ1) is 22.9. The van der Waals surface area contributed by atoms with Crippen molar-refractivity contribution in [3.8, 4) is 11.1 Å². The molecule has 0 aromatic heterocycles. The number of rotatable bonds is 0. The number of halogens is 1. The first-order valence-corrected chi connectivity index (χ1v) is 11.5. The summed E-state index contributed by atoms with van der Waals surface area (Å²) in [6.07, 6.45) is 0. The lowest BCUT2D eigenvalue weighted by atomic mass is 9.91. The minimum Gasteiger partial charge on any atom is -0.377 e. The average Bonchev–Trinajstić information content (AvgIpc) is 3.02. The van der Waals surface area contributed by atoms with E-state index in [9.17, 15) is 0 Å². The first-order valence-electron chi connectivity index (χ1n) is 10.7. The van der Waals surface area contributed by atoms with Gasteiger partial charge in [-0.25, -0.2) is 0 Å². The molecule has 0 amide bonds. The Labute approximate surface area is 192 Å². The van der Waals surface area contributed by atoms with E-state index in [0.29, 0.717) is 66.1 Å². The van der Waals surface area contributed by atoms with Crippen LogP contribution in [0.3, 0.4) is 0 Å². The number of ether oxygens (including phenoxy) is 6. The monoisotopic (exact) mass is 490 g/mol. The van der Waals surface area contributed by atoms with Crippen molar-refractivity contribution in [2.75, 3.05) is 66.1 Å². The van der Waals surface area contributed by atoms with Crippen LogP contribution in [0.25, 0.3) is 11.1 Å². The molecule has 31 heavy (non-hydrogen) atoms. The van der Waals surface area contributed by atoms with Crippen molar-refractivity contribution >= 4 is 29.2 Å². The molecule has 0 N–H and O–H groups in total. The Balaban J connectivity index is 1.61. The standard InChI is InChI=1S/C23H28BBrO6/c24-17-1-3-19-20-4-2-18(25)16-22(20)23(21(19)15-17)30-13-11-28-9-7-26-5-6-27-8-10-29-12-14-31-23/h1-4,15-16H,5-14,24H2. The van der Waals surface area contributed by atoms with Gasteiger partial charge in [0.25, 0.3) is 0 Å². The van der Waals surface area contributed by atoms with E-state index in [1.807, 2.05) is 6.07 Å². The van der Waals surface area contributed by atoms with Crippen LogP contribution < -0.4 is 5.46 Å². The summed E-state index contributed by atoms with van der Waals surface area (Å²) >= 11 is 3.61. The predicted octanol–water partition coefficient (Wildman–Crippen LogP) is 2.00. The SMILES string of the molecule is Bc1ccc2c(c1)C1(OCCOCCOCCOCCOCCO1)c1cc(Br)ccc1-2. The molecule has 1 fully saturated rings. The fourth-order valence-corrected chi connectivity index (χ4v) is 4.30. The highest BCUT2D eigenvalue weighted by molar-refractivity contribution is 9.10. The van der Waals surface area contributed by atoms with E-state index < -0.39 is 5.79 Å². The van der Waals surface area contributed by atoms with Crippen LogP contribution in [-0.2, 0) is 34.2 Å². The van der Waals surface area contributed by atoms with E-state index in [0.717, 1.165) is 32.2 Å². The molecule has 0 radical (unpaired) electrons. The Kier molecular flexibility index (Phi) is 8.17. The quantitative estimate of drug-likeness (QED) is 0.526. The molecule has 2 aliphatic rings. The maximum Gasteiger partial charge on any atom is 0.223 e. The molecule has 0 saturated carbocycles. The number of hydrogen-bond acceptors (Lipinski definition) is 6. The van der Waals surface area contributed by atoms with E-state index in [4.69, 9.17) is 28.4 Å². The molecule has 1 heterocycles. The van der Waals surface area contributed by atoms with Crippen LogP contribution in [0.4, 0.5) is 0 Å². The molecule has 2 aromatic rings. The summed E-state index contributed by atoms with van der Waals surface area (Å²) in [5, 5.41) is 0. The molecular weight excluding hydrogens is 463 g/mol. The van der Waals surface area contributed by atoms with Gasteiger partial charge in [0.1, 0.15) is 7.85 Å². The molecule has 4 rings (SSSR count). The van der Waals surface area contributed by atoms with Gasteiger partial charge in [-0.2, -0.15) is 0 Å². The van der Waals surface area contributed by atoms with Crippen molar-refractivity contribution in [2.24, 2.45) is 0 Å². The van der Waals surface area contributed by atoms with Crippen LogP contribution in [0.15, 0.2) is 40.9 Å². The van der Waals surface area contributed by atoms with Crippen LogP contribution in [0.2, 0.25) is 0 Å². The van der Waals surface area contributed by atoms with E-state index in [-0.39, 0.29) is 0 Å². The number of hydrogen-bond donors (Lipinski definition) is 0. The Bertz CT molecular complexity index is 806. The zero-order valence-corrected chi connectivity index (χ0v) is 19.4. The molecule has 166 valence electrons. The Morgan fingerprint density at radius 2 is 1.06 bits per heavy atom. The second-order valence-electron chi connectivity index (χ2n) is 7.50. The van der Waals surface area contributed by atoms with Crippen molar-refractivity contribution < 1.29 is 28.4 Å². The third kappa shape index (κ3) is 5.39. The smallest absolute Gasteiger partial charge is 0.223 e. The molecule has 2 aromatic carbocycles. The van der Waals surface area contributed by atoms with Crippen molar-refractivity contribution in [3.05, 3.63) is 52.0 Å². The van der Waals surface area contributed by atoms with Crippen LogP contribution in [-0.4, -0.2) is 73.9 Å². The molecule has 8 heteroatoms. The molecule has 1 saturated heterocycles. The van der Waals surface area contributed by atoms with Gasteiger partial charge in [0.05, 0.1) is 66.1 Å². The lowest BCUT2D eigenvalue weighted by Gasteiger charge is -2.32. The van der Waals surface area contributed by atoms with Gasteiger partial charge in [0.2, 0.25) is 5.79 Å². The van der Waals surface area contributed by atoms with Crippen LogP contribution in [0, 0.1) is 0 Å². The lowest BCUT2D eigenvalue weighted by Crippen LogP contribution is -2.36. The third-order valence-corrected chi connectivity index (χ3v) is 5.83. The van der Waals surface area contributed by atoms with Crippen LogP contribution in [0.5, 0.6) is 0 Å². The first-order chi connectivity index (χ1) is 15.2. The molecule has 0 bridgehead atoms. The van der Waals surface area contributed by atoms with Gasteiger partial charge in [0, 0.05) is 15.6 Å².